The van der Waals surface area contributed by atoms with E-state index in [1.165, 1.54) is 44.9 Å². The number of carbonyl (C=O) groups excluding carboxylic acids is 3. The molecule has 2 atom stereocenters. The van der Waals surface area contributed by atoms with Crippen molar-refractivity contribution in [3.63, 3.8) is 0 Å². The van der Waals surface area contributed by atoms with Crippen molar-refractivity contribution in [1.29, 1.82) is 0 Å². The molecule has 0 bridgehead atoms. The summed E-state index contributed by atoms with van der Waals surface area (Å²) in [4.78, 5) is 40.0. The molecule has 2 unspecified atom stereocenters. The van der Waals surface area contributed by atoms with Crippen LogP contribution in [0.15, 0.2) is 0 Å². The molecule has 1 heterocycles. The Balaban J connectivity index is 2.57. The summed E-state index contributed by atoms with van der Waals surface area (Å²) in [5, 5.41) is 0. The van der Waals surface area contributed by atoms with Gasteiger partial charge in [-0.1, -0.05) is 97.8 Å². The molecule has 1 aliphatic rings. The van der Waals surface area contributed by atoms with Crippen molar-refractivity contribution in [3.05, 3.63) is 0 Å². The van der Waals surface area contributed by atoms with Crippen LogP contribution in [0.3, 0.4) is 0 Å². The van der Waals surface area contributed by atoms with E-state index in [9.17, 15) is 14.4 Å². The second kappa shape index (κ2) is 25.1. The third-order valence-electron chi connectivity index (χ3n) is 7.86. The highest BCUT2D eigenvalue weighted by molar-refractivity contribution is 5.72. The van der Waals surface area contributed by atoms with E-state index >= 15 is 0 Å². The Kier molecular flexibility index (Phi) is 22.8. The van der Waals surface area contributed by atoms with Gasteiger partial charge < -0.3 is 19.1 Å². The molecule has 0 N–H and O–H groups in total. The molecule has 0 aromatic carbocycles. The minimum Gasteiger partial charge on any atom is -0.465 e. The first-order valence-corrected chi connectivity index (χ1v) is 16.7. The summed E-state index contributed by atoms with van der Waals surface area (Å²) < 4.78 is 16.8. The Bertz CT molecular complexity index is 651. The van der Waals surface area contributed by atoms with Gasteiger partial charge >= 0.3 is 17.9 Å². The van der Waals surface area contributed by atoms with Gasteiger partial charge in [-0.2, -0.15) is 0 Å². The van der Waals surface area contributed by atoms with Gasteiger partial charge in [0.25, 0.3) is 0 Å². The fourth-order valence-electron chi connectivity index (χ4n) is 4.97. The SMILES string of the molecule is CCCCCCCCC(CCCCCC)C(=O)OCC(COC(=O)CCCCC)COC(=O)CCCN1CCC1. The Morgan fingerprint density at radius 2 is 1.07 bits per heavy atom. The standard InChI is InChI=1S/C33H61NO6/c1-4-7-10-12-13-16-20-30(19-15-11-8-5-2)33(37)40-28-29(26-38-31(35)21-14-9-6-3)27-39-32(36)22-17-23-34-24-18-25-34/h29-30H,4-28H2,1-3H3. The van der Waals surface area contributed by atoms with Crippen LogP contribution in [-0.4, -0.2) is 62.3 Å². The van der Waals surface area contributed by atoms with Crippen molar-refractivity contribution in [3.8, 4) is 0 Å². The Morgan fingerprint density at radius 1 is 0.600 bits per heavy atom. The van der Waals surface area contributed by atoms with Gasteiger partial charge in [-0.25, -0.2) is 0 Å². The summed E-state index contributed by atoms with van der Waals surface area (Å²) in [6.45, 7) is 9.95. The maximum atomic E-state index is 13.1. The molecule has 7 nitrogen and oxygen atoms in total. The van der Waals surface area contributed by atoms with Crippen molar-refractivity contribution in [1.82, 2.24) is 4.90 Å². The Morgan fingerprint density at radius 3 is 1.62 bits per heavy atom. The van der Waals surface area contributed by atoms with E-state index in [2.05, 4.69) is 25.7 Å². The predicted molar refractivity (Wildman–Crippen MR) is 161 cm³/mol. The van der Waals surface area contributed by atoms with E-state index in [4.69, 9.17) is 14.2 Å². The summed E-state index contributed by atoms with van der Waals surface area (Å²) in [5.74, 6) is -1.10. The number of hydrogen-bond donors (Lipinski definition) is 0. The van der Waals surface area contributed by atoms with Gasteiger partial charge in [-0.3, -0.25) is 14.4 Å². The highest BCUT2D eigenvalue weighted by Crippen LogP contribution is 2.21. The third-order valence-corrected chi connectivity index (χ3v) is 7.86. The number of unbranched alkanes of at least 4 members (excludes halogenated alkanes) is 10. The maximum Gasteiger partial charge on any atom is 0.308 e. The molecule has 0 aromatic rings. The average Bonchev–Trinajstić information content (AvgIpc) is 2.92. The van der Waals surface area contributed by atoms with E-state index in [0.717, 1.165) is 83.8 Å². The molecular weight excluding hydrogens is 506 g/mol. The summed E-state index contributed by atoms with van der Waals surface area (Å²) in [6.07, 6.45) is 19.1. The van der Waals surface area contributed by atoms with Crippen molar-refractivity contribution in [2.24, 2.45) is 11.8 Å². The van der Waals surface area contributed by atoms with Crippen LogP contribution < -0.4 is 0 Å². The molecule has 40 heavy (non-hydrogen) atoms. The van der Waals surface area contributed by atoms with E-state index in [1.54, 1.807) is 0 Å². The molecule has 0 spiro atoms. The lowest BCUT2D eigenvalue weighted by atomic mass is 9.94. The topological polar surface area (TPSA) is 82.1 Å². The first-order chi connectivity index (χ1) is 19.5. The van der Waals surface area contributed by atoms with E-state index in [0.29, 0.717) is 12.8 Å². The van der Waals surface area contributed by atoms with Gasteiger partial charge in [0.05, 0.1) is 11.8 Å². The first kappa shape index (κ1) is 36.4. The summed E-state index contributed by atoms with van der Waals surface area (Å²) >= 11 is 0. The molecule has 1 rings (SSSR count). The summed E-state index contributed by atoms with van der Waals surface area (Å²) in [5.41, 5.74) is 0. The fourth-order valence-corrected chi connectivity index (χ4v) is 4.97. The van der Waals surface area contributed by atoms with E-state index in [1.807, 2.05) is 0 Å². The second-order valence-corrected chi connectivity index (χ2v) is 11.7. The molecule has 1 fully saturated rings. The number of hydrogen-bond acceptors (Lipinski definition) is 7. The normalized spacial score (nSPS) is 14.8. The van der Waals surface area contributed by atoms with Gasteiger partial charge in [-0.15, -0.1) is 0 Å². The van der Waals surface area contributed by atoms with Gasteiger partial charge in [-0.05, 0) is 51.7 Å². The van der Waals surface area contributed by atoms with E-state index < -0.39 is 0 Å². The van der Waals surface area contributed by atoms with Crippen LogP contribution in [0.4, 0.5) is 0 Å². The van der Waals surface area contributed by atoms with Crippen molar-refractivity contribution in [2.45, 2.75) is 143 Å². The lowest BCUT2D eigenvalue weighted by molar-refractivity contribution is -0.156. The highest BCUT2D eigenvalue weighted by Gasteiger charge is 2.23. The predicted octanol–water partition coefficient (Wildman–Crippen LogP) is 7.64. The number of ether oxygens (including phenoxy) is 3. The fraction of sp³-hybridized carbons (Fsp3) is 0.909. The van der Waals surface area contributed by atoms with Crippen LogP contribution in [0.5, 0.6) is 0 Å². The first-order valence-electron chi connectivity index (χ1n) is 16.7. The van der Waals surface area contributed by atoms with Crippen LogP contribution in [0, 0.1) is 11.8 Å². The molecule has 234 valence electrons. The minimum absolute atomic E-state index is 0.0932. The zero-order chi connectivity index (χ0) is 29.3. The monoisotopic (exact) mass is 567 g/mol. The van der Waals surface area contributed by atoms with Gasteiger partial charge in [0, 0.05) is 12.8 Å². The van der Waals surface area contributed by atoms with Gasteiger partial charge in [0.15, 0.2) is 0 Å². The number of nitrogens with zero attached hydrogens (tertiary/aromatic N) is 1. The Hall–Kier alpha value is -1.63. The van der Waals surface area contributed by atoms with Crippen molar-refractivity contribution < 1.29 is 28.6 Å². The molecule has 0 aliphatic carbocycles. The number of esters is 3. The largest absolute Gasteiger partial charge is 0.465 e. The quantitative estimate of drug-likeness (QED) is 0.0573. The highest BCUT2D eigenvalue weighted by atomic mass is 16.6. The molecule has 0 aromatic heterocycles. The molecule has 1 aliphatic heterocycles. The molecule has 0 saturated carbocycles. The summed E-state index contributed by atoms with van der Waals surface area (Å²) in [6, 6.07) is 0. The third kappa shape index (κ3) is 19.4. The van der Waals surface area contributed by atoms with Gasteiger partial charge in [0.1, 0.15) is 19.8 Å². The van der Waals surface area contributed by atoms with Crippen molar-refractivity contribution >= 4 is 17.9 Å². The lowest BCUT2D eigenvalue weighted by Gasteiger charge is -2.30. The molecule has 0 radical (unpaired) electrons. The lowest BCUT2D eigenvalue weighted by Crippen LogP contribution is -2.37. The molecule has 7 heteroatoms. The number of rotatable bonds is 27. The maximum absolute atomic E-state index is 13.1. The molecular formula is C33H61NO6. The number of carbonyl (C=O) groups is 3. The van der Waals surface area contributed by atoms with Crippen LogP contribution in [-0.2, 0) is 28.6 Å². The smallest absolute Gasteiger partial charge is 0.308 e. The van der Waals surface area contributed by atoms with Crippen LogP contribution in [0.1, 0.15) is 143 Å². The molecule has 0 amide bonds. The van der Waals surface area contributed by atoms with Gasteiger partial charge in [0.2, 0.25) is 0 Å². The minimum atomic E-state index is -0.354. The Labute approximate surface area is 245 Å². The second-order valence-electron chi connectivity index (χ2n) is 11.7. The van der Waals surface area contributed by atoms with E-state index in [-0.39, 0.29) is 49.6 Å². The zero-order valence-corrected chi connectivity index (χ0v) is 26.2. The van der Waals surface area contributed by atoms with Crippen molar-refractivity contribution in [2.75, 3.05) is 39.5 Å². The van der Waals surface area contributed by atoms with Crippen LogP contribution in [0.2, 0.25) is 0 Å². The zero-order valence-electron chi connectivity index (χ0n) is 26.2. The molecule has 1 saturated heterocycles. The van der Waals surface area contributed by atoms with Crippen LogP contribution >= 0.6 is 0 Å². The van der Waals surface area contributed by atoms with Crippen LogP contribution in [0.25, 0.3) is 0 Å². The number of likely N-dealkylation sites (tertiary alicyclic amines) is 1. The summed E-state index contributed by atoms with van der Waals surface area (Å²) in [7, 11) is 0. The average molecular weight is 568 g/mol.